The fraction of sp³-hybridized carbons (Fsp3) is 0.833. The van der Waals surface area contributed by atoms with Gasteiger partial charge in [0.2, 0.25) is 0 Å². The number of hydrogen-bond acceptors (Lipinski definition) is 2. The van der Waals surface area contributed by atoms with E-state index in [2.05, 4.69) is 6.58 Å². The van der Waals surface area contributed by atoms with Gasteiger partial charge in [-0.3, -0.25) is 0 Å². The van der Waals surface area contributed by atoms with Gasteiger partial charge in [-0.2, -0.15) is 0 Å². The molecule has 0 heterocycles. The Balaban J connectivity index is 2.24. The quantitative estimate of drug-likeness (QED) is 0.675. The highest BCUT2D eigenvalue weighted by atomic mass is 16.3. The molecule has 0 unspecified atom stereocenters. The van der Waals surface area contributed by atoms with Crippen LogP contribution in [0.4, 0.5) is 0 Å². The lowest BCUT2D eigenvalue weighted by Crippen LogP contribution is -2.64. The Labute approximate surface area is 85.6 Å². The van der Waals surface area contributed by atoms with Crippen LogP contribution in [0.3, 0.4) is 0 Å². The predicted molar refractivity (Wildman–Crippen MR) is 55.8 cm³/mol. The van der Waals surface area contributed by atoms with Crippen LogP contribution in [-0.2, 0) is 0 Å². The second-order valence-electron chi connectivity index (χ2n) is 5.27. The van der Waals surface area contributed by atoms with E-state index < -0.39 is 5.60 Å². The third-order valence-corrected chi connectivity index (χ3v) is 4.60. The molecule has 3 aliphatic carbocycles. The number of fused-ring (bicyclic) bond motifs is 2. The summed E-state index contributed by atoms with van der Waals surface area (Å²) < 4.78 is 0. The van der Waals surface area contributed by atoms with Crippen molar-refractivity contribution in [2.24, 2.45) is 17.3 Å². The predicted octanol–water partition coefficient (Wildman–Crippen LogP) is 1.72. The zero-order chi connectivity index (χ0) is 10.4. The van der Waals surface area contributed by atoms with Crippen molar-refractivity contribution >= 4 is 0 Å². The third-order valence-electron chi connectivity index (χ3n) is 4.60. The highest BCUT2D eigenvalue weighted by Gasteiger charge is 2.62. The molecule has 0 aromatic carbocycles. The maximum atomic E-state index is 10.2. The van der Waals surface area contributed by atoms with Gasteiger partial charge in [0.05, 0.1) is 5.60 Å². The fourth-order valence-electron chi connectivity index (χ4n) is 3.68. The minimum absolute atomic E-state index is 0.0521. The Morgan fingerprint density at radius 3 is 2.71 bits per heavy atom. The normalized spacial score (nSPS) is 51.1. The Morgan fingerprint density at radius 1 is 1.57 bits per heavy atom. The number of hydrogen-bond donors (Lipinski definition) is 2. The van der Waals surface area contributed by atoms with E-state index in [1.807, 2.05) is 13.0 Å². The van der Waals surface area contributed by atoms with Gasteiger partial charge in [0.15, 0.2) is 0 Å². The van der Waals surface area contributed by atoms with Gasteiger partial charge in [0, 0.05) is 12.0 Å². The smallest absolute Gasteiger partial charge is 0.0654 e. The van der Waals surface area contributed by atoms with Gasteiger partial charge in [-0.1, -0.05) is 6.08 Å². The van der Waals surface area contributed by atoms with Gasteiger partial charge < -0.3 is 10.2 Å². The average Bonchev–Trinajstić information content (AvgIpc) is 2.11. The van der Waals surface area contributed by atoms with E-state index in [1.165, 1.54) is 0 Å². The van der Waals surface area contributed by atoms with Crippen LogP contribution in [-0.4, -0.2) is 22.4 Å². The van der Waals surface area contributed by atoms with Crippen molar-refractivity contribution in [1.29, 1.82) is 0 Å². The molecule has 2 nitrogen and oxygen atoms in total. The van der Waals surface area contributed by atoms with Crippen molar-refractivity contribution < 1.29 is 10.2 Å². The molecular weight excluding hydrogens is 176 g/mol. The molecule has 4 atom stereocenters. The highest BCUT2D eigenvalue weighted by Crippen LogP contribution is 2.64. The average molecular weight is 196 g/mol. The summed E-state index contributed by atoms with van der Waals surface area (Å²) in [5, 5.41) is 19.8. The van der Waals surface area contributed by atoms with Crippen molar-refractivity contribution in [3.63, 3.8) is 0 Å². The second kappa shape index (κ2) is 3.07. The lowest BCUT2D eigenvalue weighted by Gasteiger charge is -2.64. The Hall–Kier alpha value is -0.340. The van der Waals surface area contributed by atoms with Crippen molar-refractivity contribution in [2.75, 3.05) is 6.61 Å². The number of rotatable bonds is 3. The van der Waals surface area contributed by atoms with Crippen LogP contribution in [0.2, 0.25) is 0 Å². The largest absolute Gasteiger partial charge is 0.396 e. The van der Waals surface area contributed by atoms with Gasteiger partial charge in [-0.15, -0.1) is 6.58 Å². The number of allylic oxidation sites excluding steroid dienone is 1. The molecule has 0 aromatic rings. The number of aliphatic hydroxyl groups is 2. The summed E-state index contributed by atoms with van der Waals surface area (Å²) in [4.78, 5) is 0. The van der Waals surface area contributed by atoms with E-state index in [0.717, 1.165) is 25.7 Å². The molecule has 3 aliphatic rings. The SMILES string of the molecule is C=CC[C@]1(CO)[C@H]2CC[C@@](C)(O)[C@@H]1C2. The Bertz CT molecular complexity index is 245. The molecule has 0 saturated heterocycles. The van der Waals surface area contributed by atoms with Crippen molar-refractivity contribution in [2.45, 2.75) is 38.2 Å². The van der Waals surface area contributed by atoms with E-state index in [-0.39, 0.29) is 17.9 Å². The third kappa shape index (κ3) is 1.10. The first-order chi connectivity index (χ1) is 6.57. The maximum absolute atomic E-state index is 10.2. The van der Waals surface area contributed by atoms with Crippen LogP contribution in [0.5, 0.6) is 0 Å². The molecule has 3 saturated carbocycles. The standard InChI is InChI=1S/C12H20O2/c1-3-5-12(8-13)9-4-6-11(2,14)10(12)7-9/h3,9-10,13-14H,1,4-8H2,2H3/t9-,10-,11+,12-/m0/s1. The van der Waals surface area contributed by atoms with Gasteiger partial charge >= 0.3 is 0 Å². The summed E-state index contributed by atoms with van der Waals surface area (Å²) in [6, 6.07) is 0. The molecule has 0 aromatic heterocycles. The van der Waals surface area contributed by atoms with Crippen LogP contribution in [0.25, 0.3) is 0 Å². The molecule has 0 radical (unpaired) electrons. The van der Waals surface area contributed by atoms with E-state index in [1.54, 1.807) is 0 Å². The topological polar surface area (TPSA) is 40.5 Å². The van der Waals surface area contributed by atoms with E-state index in [0.29, 0.717) is 5.92 Å². The summed E-state index contributed by atoms with van der Waals surface area (Å²) in [6.45, 7) is 5.87. The molecule has 2 bridgehead atoms. The molecule has 0 spiro atoms. The second-order valence-corrected chi connectivity index (χ2v) is 5.27. The summed E-state index contributed by atoms with van der Waals surface area (Å²) in [6.07, 6.45) is 5.76. The molecule has 3 rings (SSSR count). The zero-order valence-electron chi connectivity index (χ0n) is 8.87. The first kappa shape index (κ1) is 10.2. The lowest BCUT2D eigenvalue weighted by atomic mass is 9.42. The van der Waals surface area contributed by atoms with Gasteiger partial charge in [0.25, 0.3) is 0 Å². The maximum Gasteiger partial charge on any atom is 0.0654 e. The molecule has 0 aliphatic heterocycles. The number of aliphatic hydroxyl groups excluding tert-OH is 1. The summed E-state index contributed by atoms with van der Waals surface area (Å²) in [7, 11) is 0. The van der Waals surface area contributed by atoms with Gasteiger partial charge in [-0.25, -0.2) is 0 Å². The van der Waals surface area contributed by atoms with Gasteiger partial charge in [0.1, 0.15) is 0 Å². The van der Waals surface area contributed by atoms with Crippen molar-refractivity contribution in [1.82, 2.24) is 0 Å². The first-order valence-electron chi connectivity index (χ1n) is 5.51. The van der Waals surface area contributed by atoms with E-state index in [4.69, 9.17) is 0 Å². The van der Waals surface area contributed by atoms with E-state index >= 15 is 0 Å². The van der Waals surface area contributed by atoms with Crippen LogP contribution < -0.4 is 0 Å². The van der Waals surface area contributed by atoms with Crippen LogP contribution >= 0.6 is 0 Å². The van der Waals surface area contributed by atoms with E-state index in [9.17, 15) is 10.2 Å². The Morgan fingerprint density at radius 2 is 2.29 bits per heavy atom. The molecule has 14 heavy (non-hydrogen) atoms. The van der Waals surface area contributed by atoms with Crippen LogP contribution in [0.1, 0.15) is 32.6 Å². The minimum Gasteiger partial charge on any atom is -0.396 e. The fourth-order valence-corrected chi connectivity index (χ4v) is 3.68. The van der Waals surface area contributed by atoms with Gasteiger partial charge in [-0.05, 0) is 44.4 Å². The van der Waals surface area contributed by atoms with Crippen LogP contribution in [0, 0.1) is 17.3 Å². The van der Waals surface area contributed by atoms with Crippen molar-refractivity contribution in [3.8, 4) is 0 Å². The lowest BCUT2D eigenvalue weighted by molar-refractivity contribution is -0.222. The monoisotopic (exact) mass is 196 g/mol. The molecule has 0 amide bonds. The molecular formula is C12H20O2. The van der Waals surface area contributed by atoms with Crippen LogP contribution in [0.15, 0.2) is 12.7 Å². The van der Waals surface area contributed by atoms with Crippen molar-refractivity contribution in [3.05, 3.63) is 12.7 Å². The Kier molecular flexibility index (Phi) is 2.24. The summed E-state index contributed by atoms with van der Waals surface area (Å²) >= 11 is 0. The molecule has 3 fully saturated rings. The molecule has 80 valence electrons. The zero-order valence-corrected chi connectivity index (χ0v) is 8.87. The molecule has 2 N–H and O–H groups in total. The first-order valence-corrected chi connectivity index (χ1v) is 5.51. The summed E-state index contributed by atoms with van der Waals surface area (Å²) in [5.41, 5.74) is -0.621. The minimum atomic E-state index is -0.569. The highest BCUT2D eigenvalue weighted by molar-refractivity contribution is 5.13. The summed E-state index contributed by atoms with van der Waals surface area (Å²) in [5.74, 6) is 0.882. The molecule has 2 heteroatoms.